The van der Waals surface area contributed by atoms with E-state index in [9.17, 15) is 0 Å². The van der Waals surface area contributed by atoms with Crippen molar-refractivity contribution in [2.75, 3.05) is 11.9 Å². The van der Waals surface area contributed by atoms with Crippen LogP contribution >= 0.6 is 0 Å². The lowest BCUT2D eigenvalue weighted by Crippen LogP contribution is -2.14. The van der Waals surface area contributed by atoms with E-state index in [0.717, 1.165) is 16.9 Å². The van der Waals surface area contributed by atoms with Gasteiger partial charge in [-0.1, -0.05) is 0 Å². The number of hydrogen-bond donors (Lipinski definition) is 2. The predicted molar refractivity (Wildman–Crippen MR) is 72.7 cm³/mol. The van der Waals surface area contributed by atoms with E-state index >= 15 is 0 Å². The highest BCUT2D eigenvalue weighted by Crippen LogP contribution is 2.23. The lowest BCUT2D eigenvalue weighted by Gasteiger charge is -2.14. The molecule has 0 spiro atoms. The Morgan fingerprint density at radius 2 is 2.11 bits per heavy atom. The van der Waals surface area contributed by atoms with Crippen molar-refractivity contribution >= 4 is 16.9 Å². The number of fused-ring (bicyclic) bond motifs is 1. The van der Waals surface area contributed by atoms with Gasteiger partial charge >= 0.3 is 0 Å². The zero-order valence-corrected chi connectivity index (χ0v) is 11.3. The van der Waals surface area contributed by atoms with Crippen LogP contribution < -0.4 is 5.32 Å². The van der Waals surface area contributed by atoms with E-state index < -0.39 is 0 Å². The van der Waals surface area contributed by atoms with Crippen molar-refractivity contribution in [2.45, 2.75) is 39.8 Å². The summed E-state index contributed by atoms with van der Waals surface area (Å²) in [5.74, 6) is 1.56. The van der Waals surface area contributed by atoms with Crippen LogP contribution in [0.5, 0.6) is 0 Å². The molecule has 2 rings (SSSR count). The maximum atomic E-state index is 5.55. The normalized spacial score (nSPS) is 13.2. The smallest absolute Gasteiger partial charge is 0.161 e. The molecule has 0 fully saturated rings. The average Bonchev–Trinajstić information content (AvgIpc) is 2.76. The highest BCUT2D eigenvalue weighted by atomic mass is 16.5. The van der Waals surface area contributed by atoms with Crippen LogP contribution in [0.4, 0.5) is 5.82 Å². The van der Waals surface area contributed by atoms with Gasteiger partial charge in [-0.15, -0.1) is 0 Å². The summed E-state index contributed by atoms with van der Waals surface area (Å²) in [6.07, 6.45) is 1.77. The van der Waals surface area contributed by atoms with Gasteiger partial charge in [-0.3, -0.25) is 0 Å². The van der Waals surface area contributed by atoms with Crippen LogP contribution in [0, 0.1) is 0 Å². The number of ether oxygens (including phenoxy) is 1. The Morgan fingerprint density at radius 1 is 1.33 bits per heavy atom. The molecule has 0 amide bonds. The fourth-order valence-electron chi connectivity index (χ4n) is 1.85. The summed E-state index contributed by atoms with van der Waals surface area (Å²) >= 11 is 0. The molecule has 2 aromatic rings. The van der Waals surface area contributed by atoms with Gasteiger partial charge in [-0.25, -0.2) is 9.97 Å². The Kier molecular flexibility index (Phi) is 3.81. The van der Waals surface area contributed by atoms with Crippen LogP contribution in [-0.2, 0) is 4.74 Å². The summed E-state index contributed by atoms with van der Waals surface area (Å²) in [5.41, 5.74) is 0.842. The van der Waals surface area contributed by atoms with Gasteiger partial charge in [0.15, 0.2) is 5.82 Å². The first-order valence-corrected chi connectivity index (χ1v) is 6.35. The Morgan fingerprint density at radius 3 is 2.78 bits per heavy atom. The molecule has 0 aliphatic heterocycles. The van der Waals surface area contributed by atoms with Crippen molar-refractivity contribution in [2.24, 2.45) is 0 Å². The third kappa shape index (κ3) is 2.61. The van der Waals surface area contributed by atoms with Crippen molar-refractivity contribution in [3.63, 3.8) is 0 Å². The van der Waals surface area contributed by atoms with Gasteiger partial charge < -0.3 is 15.0 Å². The fraction of sp³-hybridized carbons (Fsp3) is 0.538. The van der Waals surface area contributed by atoms with Crippen LogP contribution in [0.1, 0.15) is 39.6 Å². The average molecular weight is 248 g/mol. The molecular weight excluding hydrogens is 228 g/mol. The van der Waals surface area contributed by atoms with E-state index in [0.29, 0.717) is 18.5 Å². The van der Waals surface area contributed by atoms with Crippen LogP contribution in [0.25, 0.3) is 11.0 Å². The minimum Gasteiger partial charge on any atom is -0.371 e. The topological polar surface area (TPSA) is 62.8 Å². The first-order valence-electron chi connectivity index (χ1n) is 6.35. The summed E-state index contributed by atoms with van der Waals surface area (Å²) in [7, 11) is 0. The molecule has 1 unspecified atom stereocenters. The zero-order chi connectivity index (χ0) is 13.1. The van der Waals surface area contributed by atoms with E-state index in [4.69, 9.17) is 4.74 Å². The molecule has 0 bridgehead atoms. The number of rotatable bonds is 5. The van der Waals surface area contributed by atoms with Crippen molar-refractivity contribution in [1.29, 1.82) is 0 Å². The third-order valence-electron chi connectivity index (χ3n) is 2.64. The Labute approximate surface area is 107 Å². The number of nitrogens with one attached hydrogen (secondary N) is 2. The second-order valence-electron chi connectivity index (χ2n) is 4.57. The molecule has 2 aromatic heterocycles. The Balaban J connectivity index is 2.43. The Bertz CT molecular complexity index is 521. The first kappa shape index (κ1) is 12.8. The highest BCUT2D eigenvalue weighted by molar-refractivity contribution is 5.87. The van der Waals surface area contributed by atoms with Gasteiger partial charge in [0, 0.05) is 18.8 Å². The number of nitrogens with zero attached hydrogens (tertiary/aromatic N) is 2. The molecule has 2 heterocycles. The maximum absolute atomic E-state index is 5.55. The number of hydrogen-bond acceptors (Lipinski definition) is 4. The molecule has 98 valence electrons. The Hall–Kier alpha value is -1.62. The van der Waals surface area contributed by atoms with Crippen molar-refractivity contribution < 1.29 is 4.74 Å². The van der Waals surface area contributed by atoms with Crippen LogP contribution in [-0.4, -0.2) is 27.6 Å². The molecule has 0 saturated carbocycles. The molecule has 5 nitrogen and oxygen atoms in total. The van der Waals surface area contributed by atoms with E-state index in [2.05, 4.69) is 34.1 Å². The summed E-state index contributed by atoms with van der Waals surface area (Å²) < 4.78 is 5.55. The summed E-state index contributed by atoms with van der Waals surface area (Å²) in [6.45, 7) is 8.77. The second-order valence-corrected chi connectivity index (χ2v) is 4.57. The van der Waals surface area contributed by atoms with Crippen LogP contribution in [0.3, 0.4) is 0 Å². The number of H-pyrrole nitrogens is 1. The molecule has 5 heteroatoms. The minimum atomic E-state index is -0.101. The first-order chi connectivity index (χ1) is 8.61. The molecule has 0 aliphatic rings. The molecule has 18 heavy (non-hydrogen) atoms. The van der Waals surface area contributed by atoms with Gasteiger partial charge in [-0.2, -0.15) is 0 Å². The summed E-state index contributed by atoms with van der Waals surface area (Å²) in [4.78, 5) is 12.2. The predicted octanol–water partition coefficient (Wildman–Crippen LogP) is 2.88. The van der Waals surface area contributed by atoms with Gasteiger partial charge in [0.2, 0.25) is 0 Å². The highest BCUT2D eigenvalue weighted by Gasteiger charge is 2.14. The lowest BCUT2D eigenvalue weighted by molar-refractivity contribution is 0.0704. The molecule has 0 aromatic carbocycles. The molecule has 0 aliphatic carbocycles. The van der Waals surface area contributed by atoms with Crippen molar-refractivity contribution in [1.82, 2.24) is 15.0 Å². The van der Waals surface area contributed by atoms with Crippen molar-refractivity contribution in [3.8, 4) is 0 Å². The standard InChI is InChI=1S/C13H20N4O/c1-5-18-9(4)11-16-12-10(6-7-14-12)13(17-11)15-8(2)3/h6-9H,5H2,1-4H3,(H2,14,15,16,17). The summed E-state index contributed by atoms with van der Waals surface area (Å²) in [5, 5.41) is 4.35. The molecule has 1 atom stereocenters. The van der Waals surface area contributed by atoms with E-state index in [-0.39, 0.29) is 6.10 Å². The SMILES string of the molecule is CCOC(C)c1nc(NC(C)C)c2cc[nH]c2n1. The quantitative estimate of drug-likeness (QED) is 0.854. The number of aromatic nitrogens is 3. The zero-order valence-electron chi connectivity index (χ0n) is 11.3. The van der Waals surface area contributed by atoms with Crippen LogP contribution in [0.2, 0.25) is 0 Å². The lowest BCUT2D eigenvalue weighted by atomic mass is 10.3. The molecule has 0 saturated heterocycles. The fourth-order valence-corrected chi connectivity index (χ4v) is 1.85. The minimum absolute atomic E-state index is 0.101. The van der Waals surface area contributed by atoms with Crippen molar-refractivity contribution in [3.05, 3.63) is 18.1 Å². The van der Waals surface area contributed by atoms with Gasteiger partial charge in [0.1, 0.15) is 17.6 Å². The molecule has 2 N–H and O–H groups in total. The van der Waals surface area contributed by atoms with Crippen LogP contribution in [0.15, 0.2) is 12.3 Å². The third-order valence-corrected chi connectivity index (χ3v) is 2.64. The monoisotopic (exact) mass is 248 g/mol. The second kappa shape index (κ2) is 5.35. The van der Waals surface area contributed by atoms with Gasteiger partial charge in [0.05, 0.1) is 5.39 Å². The van der Waals surface area contributed by atoms with Gasteiger partial charge in [-0.05, 0) is 33.8 Å². The number of aromatic amines is 1. The maximum Gasteiger partial charge on any atom is 0.161 e. The van der Waals surface area contributed by atoms with E-state index in [1.54, 1.807) is 0 Å². The largest absolute Gasteiger partial charge is 0.371 e. The molecule has 0 radical (unpaired) electrons. The van der Waals surface area contributed by atoms with Gasteiger partial charge in [0.25, 0.3) is 0 Å². The van der Waals surface area contributed by atoms with E-state index in [1.807, 2.05) is 26.1 Å². The molecular formula is C13H20N4O. The summed E-state index contributed by atoms with van der Waals surface area (Å²) in [6, 6.07) is 2.31. The van der Waals surface area contributed by atoms with E-state index in [1.165, 1.54) is 0 Å². The number of anilines is 1.